The molecule has 88 heavy (non-hydrogen) atoms. The van der Waals surface area contributed by atoms with E-state index in [1.807, 2.05) is 55.7 Å². The number of aliphatic carboxylic acids is 2. The van der Waals surface area contributed by atoms with Crippen LogP contribution in [-0.2, 0) is 78.2 Å². The highest BCUT2D eigenvalue weighted by Crippen LogP contribution is 2.41. The summed E-state index contributed by atoms with van der Waals surface area (Å²) in [5.74, 6) is -10.5. The third-order valence-corrected chi connectivity index (χ3v) is 14.1. The molecule has 0 saturated carbocycles. The molecule has 1 aromatic heterocycles. The Bertz CT molecular complexity index is 2910. The summed E-state index contributed by atoms with van der Waals surface area (Å²) in [6.07, 6.45) is 2.85. The summed E-state index contributed by atoms with van der Waals surface area (Å²) in [5, 5.41) is 34.5. The molecule has 1 aliphatic heterocycles. The molecule has 0 fully saturated rings. The van der Waals surface area contributed by atoms with Crippen LogP contribution in [0.3, 0.4) is 0 Å². The molecule has 0 radical (unpaired) electrons. The van der Waals surface area contributed by atoms with E-state index in [0.717, 1.165) is 52.6 Å². The molecule has 8 N–H and O–H groups in total. The molecule has 0 aliphatic carbocycles. The van der Waals surface area contributed by atoms with Gasteiger partial charge in [-0.2, -0.15) is 0 Å². The van der Waals surface area contributed by atoms with Gasteiger partial charge < -0.3 is 70.5 Å². The fourth-order valence-electron chi connectivity index (χ4n) is 8.81. The first-order chi connectivity index (χ1) is 41.7. The van der Waals surface area contributed by atoms with Crippen molar-refractivity contribution in [2.45, 2.75) is 97.6 Å². The van der Waals surface area contributed by atoms with E-state index in [4.69, 9.17) is 18.9 Å². The maximum absolute atomic E-state index is 15.5. The van der Waals surface area contributed by atoms with E-state index in [1.54, 1.807) is 12.3 Å². The van der Waals surface area contributed by atoms with E-state index >= 15 is 4.39 Å². The van der Waals surface area contributed by atoms with Crippen molar-refractivity contribution in [3.63, 3.8) is 0 Å². The topological polar surface area (TPSA) is 349 Å². The zero-order valence-corrected chi connectivity index (χ0v) is 50.9. The fourth-order valence-corrected chi connectivity index (χ4v) is 9.73. The molecule has 29 heteroatoms. The first-order valence-electron chi connectivity index (χ1n) is 28.3. The van der Waals surface area contributed by atoms with Crippen LogP contribution in [0.25, 0.3) is 11.1 Å². The Kier molecular flexibility index (Phi) is 30.3. The first kappa shape index (κ1) is 72.4. The van der Waals surface area contributed by atoms with Crippen molar-refractivity contribution in [1.82, 2.24) is 46.3 Å². The van der Waals surface area contributed by atoms with Crippen molar-refractivity contribution in [3.8, 4) is 11.1 Å². The van der Waals surface area contributed by atoms with Crippen LogP contribution >= 0.6 is 11.8 Å². The van der Waals surface area contributed by atoms with E-state index in [0.29, 0.717) is 11.3 Å². The predicted octanol–water partition coefficient (Wildman–Crippen LogP) is 1.69. The second-order valence-electron chi connectivity index (χ2n) is 21.3. The number of carboxylic acid groups (broad SMARTS) is 2. The van der Waals surface area contributed by atoms with Gasteiger partial charge in [-0.15, -0.1) is 11.8 Å². The number of ether oxygens (including phenoxy) is 4. The number of hydrogen-bond acceptors (Lipinski definition) is 16. The lowest BCUT2D eigenvalue weighted by Crippen LogP contribution is -2.55. The zero-order chi connectivity index (χ0) is 64.9. The molecule has 482 valence electrons. The van der Waals surface area contributed by atoms with Crippen LogP contribution in [0.15, 0.2) is 72.9 Å². The molecule has 0 bridgehead atoms. The number of halogens is 2. The SMILES string of the molecule is CC(=O)N[C@@H](C)C(=O)N[C@H](C)C(=O)N[C@@H](CC(=O)O)C(=O)NCCCN(C(=O)CSC[C@H](NC(=O)CCOCCOCCOCCOCCNC(=O)CN1C(=O)C=CC1=O)C(=O)O)[C@@H](c1cc(-c2cc(F)ccc2F)cn1Cc1ccccc1)C(C)(C)C. The van der Waals surface area contributed by atoms with E-state index in [1.165, 1.54) is 25.7 Å². The summed E-state index contributed by atoms with van der Waals surface area (Å²) in [4.78, 5) is 140. The lowest BCUT2D eigenvalue weighted by atomic mass is 9.83. The summed E-state index contributed by atoms with van der Waals surface area (Å²) in [7, 11) is 0. The number of amides is 9. The number of carbonyl (C=O) groups is 11. The lowest BCUT2D eigenvalue weighted by molar-refractivity contribution is -0.141. The Morgan fingerprint density at radius 1 is 0.693 bits per heavy atom. The minimum atomic E-state index is -1.61. The van der Waals surface area contributed by atoms with Gasteiger partial charge in [0.05, 0.1) is 71.1 Å². The average molecular weight is 1260 g/mol. The molecule has 26 nitrogen and oxygen atoms in total. The van der Waals surface area contributed by atoms with E-state index in [2.05, 4.69) is 31.9 Å². The molecule has 0 spiro atoms. The van der Waals surface area contributed by atoms with Crippen molar-refractivity contribution in [1.29, 1.82) is 0 Å². The first-order valence-corrected chi connectivity index (χ1v) is 29.5. The molecule has 9 amide bonds. The number of carboxylic acids is 2. The number of nitrogens with zero attached hydrogens (tertiary/aromatic N) is 3. The Morgan fingerprint density at radius 3 is 1.90 bits per heavy atom. The van der Waals surface area contributed by atoms with Gasteiger partial charge in [0.15, 0.2) is 0 Å². The van der Waals surface area contributed by atoms with Crippen LogP contribution in [0.5, 0.6) is 0 Å². The van der Waals surface area contributed by atoms with Gasteiger partial charge in [0.25, 0.3) is 11.8 Å². The number of nitrogens with one attached hydrogen (secondary N) is 6. The number of rotatable bonds is 40. The molecule has 0 saturated heterocycles. The minimum Gasteiger partial charge on any atom is -0.481 e. The van der Waals surface area contributed by atoms with Gasteiger partial charge in [-0.25, -0.2) is 13.6 Å². The van der Waals surface area contributed by atoms with Gasteiger partial charge in [-0.3, -0.25) is 52.8 Å². The smallest absolute Gasteiger partial charge is 0.327 e. The number of benzene rings is 2. The molecule has 2 heterocycles. The Balaban J connectivity index is 1.36. The molecule has 2 aromatic carbocycles. The number of aromatic nitrogens is 1. The number of imide groups is 1. The van der Waals surface area contributed by atoms with Crippen LogP contribution in [0, 0.1) is 17.0 Å². The van der Waals surface area contributed by atoms with E-state index in [9.17, 15) is 67.3 Å². The fraction of sp³-hybridized carbons (Fsp3) is 0.508. The van der Waals surface area contributed by atoms with Crippen molar-refractivity contribution < 1.29 is 90.7 Å². The summed E-state index contributed by atoms with van der Waals surface area (Å²) in [6.45, 7) is 10.6. The van der Waals surface area contributed by atoms with Gasteiger partial charge in [-0.1, -0.05) is 51.1 Å². The number of carbonyl (C=O) groups excluding carboxylic acids is 9. The highest BCUT2D eigenvalue weighted by Gasteiger charge is 2.38. The van der Waals surface area contributed by atoms with Gasteiger partial charge in [0, 0.05) is 80.4 Å². The predicted molar refractivity (Wildman–Crippen MR) is 316 cm³/mol. The largest absolute Gasteiger partial charge is 0.481 e. The molecule has 4 rings (SSSR count). The van der Waals surface area contributed by atoms with Gasteiger partial charge in [0.1, 0.15) is 42.3 Å². The third kappa shape index (κ3) is 25.3. The Hall–Kier alpha value is -8.12. The van der Waals surface area contributed by atoms with E-state index in [-0.39, 0.29) is 115 Å². The third-order valence-electron chi connectivity index (χ3n) is 13.1. The highest BCUT2D eigenvalue weighted by molar-refractivity contribution is 8.00. The summed E-state index contributed by atoms with van der Waals surface area (Å²) in [6, 6.07) is 7.85. The van der Waals surface area contributed by atoms with Crippen molar-refractivity contribution >= 4 is 76.9 Å². The quantitative estimate of drug-likeness (QED) is 0.0297. The minimum absolute atomic E-state index is 0.0359. The van der Waals surface area contributed by atoms with Gasteiger partial charge in [-0.05, 0) is 55.5 Å². The van der Waals surface area contributed by atoms with Gasteiger partial charge >= 0.3 is 11.9 Å². The second kappa shape index (κ2) is 36.9. The standard InChI is InChI=1S/C59H79F2N9O17S/c1-37(64-39(3)71)55(79)65-38(2)56(80)67-45(31-53(77)78)57(81)63-18-10-20-69(54(59(4,5)6)47-29-41(43-30-42(60)13-14-44(43)61)33-68(47)32-40-11-8-7-9-12-40)52(76)36-88-35-46(58(82)83)66-48(72)17-21-84-23-25-86-27-28-87-26-24-85-22-19-62-49(73)34-70-50(74)15-16-51(70)75/h7-9,11-16,29-30,33,37-38,45-46,54H,10,17-28,31-32,34-36H2,1-6H3,(H,62,73)(H,63,81)(H,64,71)(H,65,79)(H,66,72)(H,67,80)(H,77,78)(H,82,83)/t37-,38+,45-,46-,54-/m0/s1. The maximum atomic E-state index is 15.5. The molecular formula is C59H79F2N9O17S. The van der Waals surface area contributed by atoms with E-state index < -0.39 is 119 Å². The van der Waals surface area contributed by atoms with Crippen molar-refractivity contribution in [2.24, 2.45) is 5.41 Å². The van der Waals surface area contributed by atoms with Crippen LogP contribution in [0.1, 0.15) is 78.1 Å². The summed E-state index contributed by atoms with van der Waals surface area (Å²) in [5.41, 5.74) is 0.805. The molecule has 1 aliphatic rings. The highest BCUT2D eigenvalue weighted by atomic mass is 32.2. The van der Waals surface area contributed by atoms with Crippen LogP contribution < -0.4 is 31.9 Å². The molecule has 0 unspecified atom stereocenters. The van der Waals surface area contributed by atoms with Crippen LogP contribution in [-0.4, -0.2) is 204 Å². The van der Waals surface area contributed by atoms with Crippen LogP contribution in [0.2, 0.25) is 0 Å². The summed E-state index contributed by atoms with van der Waals surface area (Å²) < 4.78 is 53.8. The van der Waals surface area contributed by atoms with Crippen molar-refractivity contribution in [2.75, 3.05) is 90.5 Å². The maximum Gasteiger partial charge on any atom is 0.327 e. The zero-order valence-electron chi connectivity index (χ0n) is 50.1. The monoisotopic (exact) mass is 1260 g/mol. The lowest BCUT2D eigenvalue weighted by Gasteiger charge is -2.41. The average Bonchev–Trinajstić information content (AvgIpc) is 2.05. The Labute approximate surface area is 512 Å². The molecule has 5 atom stereocenters. The Morgan fingerprint density at radius 2 is 1.30 bits per heavy atom. The van der Waals surface area contributed by atoms with Crippen LogP contribution in [0.4, 0.5) is 8.78 Å². The second-order valence-corrected chi connectivity index (χ2v) is 22.4. The number of thioether (sulfide) groups is 1. The summed E-state index contributed by atoms with van der Waals surface area (Å²) >= 11 is 0.933. The van der Waals surface area contributed by atoms with Gasteiger partial charge in [0.2, 0.25) is 41.4 Å². The molecular weight excluding hydrogens is 1180 g/mol. The van der Waals surface area contributed by atoms with Crippen molar-refractivity contribution in [3.05, 3.63) is 95.8 Å². The number of hydrogen-bond donors (Lipinski definition) is 8. The normalized spacial score (nSPS) is 13.8. The molecule has 3 aromatic rings.